The van der Waals surface area contributed by atoms with Crippen molar-refractivity contribution in [1.82, 2.24) is 15.1 Å². The average molecular weight is 325 g/mol. The summed E-state index contributed by atoms with van der Waals surface area (Å²) >= 11 is 0. The molecule has 23 heavy (non-hydrogen) atoms. The zero-order valence-electron chi connectivity index (χ0n) is 15.4. The normalized spacial score (nSPS) is 24.7. The lowest BCUT2D eigenvalue weighted by molar-refractivity contribution is 0.0625. The SMILES string of the molecule is CCN1CCCCC1CNC(=NC)N(C)CCC1CCOCC1. The Morgan fingerprint density at radius 2 is 2.04 bits per heavy atom. The van der Waals surface area contributed by atoms with Crippen molar-refractivity contribution in [3.8, 4) is 0 Å². The van der Waals surface area contributed by atoms with Crippen molar-refractivity contribution < 1.29 is 4.74 Å². The first-order chi connectivity index (χ1) is 11.2. The summed E-state index contributed by atoms with van der Waals surface area (Å²) in [6, 6.07) is 0.661. The molecule has 5 nitrogen and oxygen atoms in total. The number of nitrogens with zero attached hydrogens (tertiary/aromatic N) is 3. The molecule has 0 amide bonds. The molecule has 134 valence electrons. The van der Waals surface area contributed by atoms with Crippen molar-refractivity contribution in [2.24, 2.45) is 10.9 Å². The summed E-state index contributed by atoms with van der Waals surface area (Å²) in [5.74, 6) is 1.86. The number of likely N-dealkylation sites (N-methyl/N-ethyl adjacent to an activating group) is 1. The zero-order chi connectivity index (χ0) is 16.5. The van der Waals surface area contributed by atoms with Gasteiger partial charge >= 0.3 is 0 Å². The van der Waals surface area contributed by atoms with Gasteiger partial charge in [0.15, 0.2) is 5.96 Å². The quantitative estimate of drug-likeness (QED) is 0.600. The molecule has 2 rings (SSSR count). The first-order valence-corrected chi connectivity index (χ1v) is 9.48. The number of guanidine groups is 1. The van der Waals surface area contributed by atoms with E-state index in [-0.39, 0.29) is 0 Å². The van der Waals surface area contributed by atoms with Crippen molar-refractivity contribution in [2.75, 3.05) is 53.5 Å². The molecule has 0 radical (unpaired) electrons. The van der Waals surface area contributed by atoms with Gasteiger partial charge in [-0.25, -0.2) is 0 Å². The number of ether oxygens (including phenoxy) is 1. The second-order valence-electron chi connectivity index (χ2n) is 6.97. The maximum Gasteiger partial charge on any atom is 0.193 e. The summed E-state index contributed by atoms with van der Waals surface area (Å²) in [7, 11) is 4.05. The fourth-order valence-electron chi connectivity index (χ4n) is 3.82. The van der Waals surface area contributed by atoms with E-state index in [2.05, 4.69) is 34.1 Å². The van der Waals surface area contributed by atoms with Crippen LogP contribution in [0.4, 0.5) is 0 Å². The molecule has 0 aliphatic carbocycles. The van der Waals surface area contributed by atoms with Crippen LogP contribution in [0.25, 0.3) is 0 Å². The van der Waals surface area contributed by atoms with E-state index in [0.29, 0.717) is 6.04 Å². The summed E-state index contributed by atoms with van der Waals surface area (Å²) < 4.78 is 5.45. The smallest absolute Gasteiger partial charge is 0.193 e. The number of likely N-dealkylation sites (tertiary alicyclic amines) is 1. The highest BCUT2D eigenvalue weighted by atomic mass is 16.5. The van der Waals surface area contributed by atoms with Crippen LogP contribution in [0.1, 0.15) is 45.4 Å². The van der Waals surface area contributed by atoms with Gasteiger partial charge in [0.1, 0.15) is 0 Å². The van der Waals surface area contributed by atoms with Gasteiger partial charge in [-0.2, -0.15) is 0 Å². The molecule has 0 bridgehead atoms. The lowest BCUT2D eigenvalue weighted by Crippen LogP contribution is -2.49. The first-order valence-electron chi connectivity index (χ1n) is 9.48. The van der Waals surface area contributed by atoms with E-state index in [1.165, 1.54) is 45.1 Å². The first kappa shape index (κ1) is 18.5. The van der Waals surface area contributed by atoms with Crippen molar-refractivity contribution in [1.29, 1.82) is 0 Å². The summed E-state index contributed by atoms with van der Waals surface area (Å²) in [6.07, 6.45) is 7.70. The van der Waals surface area contributed by atoms with E-state index in [1.807, 2.05) is 7.05 Å². The molecule has 0 aromatic rings. The topological polar surface area (TPSA) is 40.1 Å². The molecule has 0 aromatic heterocycles. The zero-order valence-corrected chi connectivity index (χ0v) is 15.4. The van der Waals surface area contributed by atoms with Crippen LogP contribution in [0.5, 0.6) is 0 Å². The van der Waals surface area contributed by atoms with Crippen LogP contribution in [0.2, 0.25) is 0 Å². The van der Waals surface area contributed by atoms with E-state index in [9.17, 15) is 0 Å². The van der Waals surface area contributed by atoms with Crippen LogP contribution in [0.15, 0.2) is 4.99 Å². The van der Waals surface area contributed by atoms with Gasteiger partial charge in [-0.3, -0.25) is 9.89 Å². The number of hydrogen-bond donors (Lipinski definition) is 1. The molecule has 1 atom stereocenters. The van der Waals surface area contributed by atoms with E-state index < -0.39 is 0 Å². The Hall–Kier alpha value is -0.810. The Morgan fingerprint density at radius 3 is 2.74 bits per heavy atom. The molecule has 0 aromatic carbocycles. The molecular weight excluding hydrogens is 288 g/mol. The summed E-state index contributed by atoms with van der Waals surface area (Å²) in [6.45, 7) is 8.65. The van der Waals surface area contributed by atoms with Gasteiger partial charge in [-0.1, -0.05) is 13.3 Å². The fraction of sp³-hybridized carbons (Fsp3) is 0.944. The van der Waals surface area contributed by atoms with E-state index in [0.717, 1.165) is 44.7 Å². The Balaban J connectivity index is 1.72. The monoisotopic (exact) mass is 324 g/mol. The maximum atomic E-state index is 5.45. The molecule has 5 heteroatoms. The van der Waals surface area contributed by atoms with Crippen LogP contribution in [-0.4, -0.2) is 75.3 Å². The summed E-state index contributed by atoms with van der Waals surface area (Å²) in [5.41, 5.74) is 0. The fourth-order valence-corrected chi connectivity index (χ4v) is 3.82. The Bertz CT molecular complexity index is 355. The lowest BCUT2D eigenvalue weighted by atomic mass is 9.96. The largest absolute Gasteiger partial charge is 0.381 e. The van der Waals surface area contributed by atoms with Gasteiger partial charge in [0.05, 0.1) is 0 Å². The van der Waals surface area contributed by atoms with E-state index >= 15 is 0 Å². The van der Waals surface area contributed by atoms with Crippen LogP contribution in [0, 0.1) is 5.92 Å². The Morgan fingerprint density at radius 1 is 1.26 bits per heavy atom. The summed E-state index contributed by atoms with van der Waals surface area (Å²) in [4.78, 5) is 9.36. The molecule has 2 aliphatic rings. The van der Waals surface area contributed by atoms with Gasteiger partial charge in [0, 0.05) is 46.4 Å². The van der Waals surface area contributed by atoms with Gasteiger partial charge in [-0.15, -0.1) is 0 Å². The molecule has 2 aliphatic heterocycles. The van der Waals surface area contributed by atoms with Crippen molar-refractivity contribution in [2.45, 2.75) is 51.5 Å². The van der Waals surface area contributed by atoms with Crippen LogP contribution < -0.4 is 5.32 Å². The van der Waals surface area contributed by atoms with E-state index in [1.54, 1.807) is 0 Å². The van der Waals surface area contributed by atoms with Crippen molar-refractivity contribution in [3.05, 3.63) is 0 Å². The van der Waals surface area contributed by atoms with Gasteiger partial charge in [0.2, 0.25) is 0 Å². The highest BCUT2D eigenvalue weighted by Gasteiger charge is 2.21. The number of nitrogens with one attached hydrogen (secondary N) is 1. The third kappa shape index (κ3) is 5.96. The van der Waals surface area contributed by atoms with Crippen molar-refractivity contribution in [3.63, 3.8) is 0 Å². The van der Waals surface area contributed by atoms with Crippen LogP contribution >= 0.6 is 0 Å². The average Bonchev–Trinajstić information content (AvgIpc) is 2.61. The maximum absolute atomic E-state index is 5.45. The number of aliphatic imine (C=N–C) groups is 1. The molecule has 0 saturated carbocycles. The summed E-state index contributed by atoms with van der Waals surface area (Å²) in [5, 5.41) is 3.60. The number of hydrogen-bond acceptors (Lipinski definition) is 3. The second-order valence-corrected chi connectivity index (χ2v) is 6.97. The minimum atomic E-state index is 0.661. The molecular formula is C18H36N4O. The molecule has 1 unspecified atom stereocenters. The predicted octanol–water partition coefficient (Wildman–Crippen LogP) is 2.18. The van der Waals surface area contributed by atoms with Gasteiger partial charge in [0.25, 0.3) is 0 Å². The van der Waals surface area contributed by atoms with Crippen LogP contribution in [-0.2, 0) is 4.74 Å². The molecule has 2 fully saturated rings. The highest BCUT2D eigenvalue weighted by molar-refractivity contribution is 5.79. The number of rotatable bonds is 6. The third-order valence-corrected chi connectivity index (χ3v) is 5.44. The minimum Gasteiger partial charge on any atom is -0.381 e. The molecule has 2 heterocycles. The predicted molar refractivity (Wildman–Crippen MR) is 97.0 cm³/mol. The number of piperidine rings is 1. The standard InChI is InChI=1S/C18H36N4O/c1-4-22-11-6-5-7-17(22)15-20-18(19-2)21(3)12-8-16-9-13-23-14-10-16/h16-17H,4-15H2,1-3H3,(H,19,20). The Kier molecular flexibility index (Phi) is 8.17. The van der Waals surface area contributed by atoms with Crippen molar-refractivity contribution >= 4 is 5.96 Å². The third-order valence-electron chi connectivity index (χ3n) is 5.44. The minimum absolute atomic E-state index is 0.661. The van der Waals surface area contributed by atoms with Gasteiger partial charge in [-0.05, 0) is 51.1 Å². The Labute approximate surface area is 142 Å². The molecule has 1 N–H and O–H groups in total. The second kappa shape index (κ2) is 10.1. The molecule has 2 saturated heterocycles. The molecule has 0 spiro atoms. The van der Waals surface area contributed by atoms with Crippen LogP contribution in [0.3, 0.4) is 0 Å². The lowest BCUT2D eigenvalue weighted by Gasteiger charge is -2.36. The highest BCUT2D eigenvalue weighted by Crippen LogP contribution is 2.19. The van der Waals surface area contributed by atoms with Gasteiger partial charge < -0.3 is 15.0 Å². The van der Waals surface area contributed by atoms with E-state index in [4.69, 9.17) is 4.74 Å².